The molecule has 0 bridgehead atoms. The first-order valence-corrected chi connectivity index (χ1v) is 4.89. The van der Waals surface area contributed by atoms with Crippen LogP contribution in [0.25, 0.3) is 0 Å². The maximum absolute atomic E-state index is 8.84. The molecule has 1 rings (SSSR count). The average molecular weight is 267 g/mol. The smallest absolute Gasteiger partial charge is 0.176 e. The summed E-state index contributed by atoms with van der Waals surface area (Å²) in [5.41, 5.74) is 0.460. The lowest BCUT2D eigenvalue weighted by Gasteiger charge is -1.91. The standard InChI is InChI=1S/C9H7BrN4O/c1-2-15-5-13-9-7(4-12)6(3-11)8(10)14-9/h5,14H,2H2,1H3/b13-5+. The summed E-state index contributed by atoms with van der Waals surface area (Å²) in [6.07, 6.45) is 1.24. The SMILES string of the molecule is CCO/C=N/c1[nH]c(Br)c(C#N)c1C#N. The molecule has 76 valence electrons. The number of ether oxygens (including phenoxy) is 1. The Bertz CT molecular complexity index is 464. The molecule has 0 atom stereocenters. The third kappa shape index (κ3) is 2.36. The van der Waals surface area contributed by atoms with E-state index in [-0.39, 0.29) is 11.1 Å². The van der Waals surface area contributed by atoms with Gasteiger partial charge in [-0.3, -0.25) is 0 Å². The second-order valence-electron chi connectivity index (χ2n) is 2.45. The molecule has 1 aromatic heterocycles. The average Bonchev–Trinajstić information content (AvgIpc) is 2.54. The van der Waals surface area contributed by atoms with Crippen molar-refractivity contribution in [1.82, 2.24) is 4.98 Å². The molecule has 15 heavy (non-hydrogen) atoms. The summed E-state index contributed by atoms with van der Waals surface area (Å²) < 4.78 is 5.35. The van der Waals surface area contributed by atoms with Crippen LogP contribution in [0.2, 0.25) is 0 Å². The number of hydrogen-bond acceptors (Lipinski definition) is 4. The molecule has 1 N–H and O–H groups in total. The highest BCUT2D eigenvalue weighted by Gasteiger charge is 2.14. The van der Waals surface area contributed by atoms with E-state index in [9.17, 15) is 0 Å². The Morgan fingerprint density at radius 2 is 2.13 bits per heavy atom. The number of halogens is 1. The van der Waals surface area contributed by atoms with E-state index in [4.69, 9.17) is 15.3 Å². The van der Waals surface area contributed by atoms with Gasteiger partial charge in [0.15, 0.2) is 12.2 Å². The van der Waals surface area contributed by atoms with Gasteiger partial charge in [0, 0.05) is 0 Å². The van der Waals surface area contributed by atoms with E-state index >= 15 is 0 Å². The minimum absolute atomic E-state index is 0.209. The molecule has 0 aromatic carbocycles. The largest absolute Gasteiger partial charge is 0.483 e. The van der Waals surface area contributed by atoms with Gasteiger partial charge in [0.2, 0.25) is 0 Å². The van der Waals surface area contributed by atoms with Gasteiger partial charge in [0.05, 0.1) is 6.61 Å². The fourth-order valence-electron chi connectivity index (χ4n) is 0.932. The molecule has 0 fully saturated rings. The van der Waals surface area contributed by atoms with Crippen molar-refractivity contribution in [1.29, 1.82) is 10.5 Å². The van der Waals surface area contributed by atoms with Crippen molar-refractivity contribution in [2.45, 2.75) is 6.92 Å². The summed E-state index contributed by atoms with van der Waals surface area (Å²) >= 11 is 3.13. The lowest BCUT2D eigenvalue weighted by molar-refractivity contribution is 0.344. The minimum Gasteiger partial charge on any atom is -0.483 e. The molecule has 0 saturated carbocycles. The van der Waals surface area contributed by atoms with E-state index in [0.29, 0.717) is 17.0 Å². The second-order valence-corrected chi connectivity index (χ2v) is 3.24. The first-order valence-electron chi connectivity index (χ1n) is 4.10. The quantitative estimate of drug-likeness (QED) is 0.673. The third-order valence-electron chi connectivity index (χ3n) is 1.58. The van der Waals surface area contributed by atoms with E-state index in [0.717, 1.165) is 0 Å². The van der Waals surface area contributed by atoms with E-state index in [1.807, 2.05) is 19.1 Å². The van der Waals surface area contributed by atoms with Crippen molar-refractivity contribution >= 4 is 28.1 Å². The van der Waals surface area contributed by atoms with Crippen LogP contribution in [-0.2, 0) is 4.74 Å². The molecule has 0 saturated heterocycles. The fourth-order valence-corrected chi connectivity index (χ4v) is 1.41. The van der Waals surface area contributed by atoms with Crippen LogP contribution in [-0.4, -0.2) is 18.0 Å². The van der Waals surface area contributed by atoms with Crippen LogP contribution >= 0.6 is 15.9 Å². The predicted octanol–water partition coefficient (Wildman–Crippen LogP) is 2.22. The van der Waals surface area contributed by atoms with Gasteiger partial charge in [-0.05, 0) is 22.9 Å². The predicted molar refractivity (Wildman–Crippen MR) is 57.7 cm³/mol. The number of H-pyrrole nitrogens is 1. The van der Waals surface area contributed by atoms with Crippen LogP contribution in [0.5, 0.6) is 0 Å². The summed E-state index contributed by atoms with van der Waals surface area (Å²) in [5.74, 6) is 0.314. The normalized spacial score (nSPS) is 9.87. The Balaban J connectivity index is 3.11. The highest BCUT2D eigenvalue weighted by atomic mass is 79.9. The van der Waals surface area contributed by atoms with Crippen LogP contribution in [0.3, 0.4) is 0 Å². The minimum atomic E-state index is 0.209. The molecule has 5 nitrogen and oxygen atoms in total. The first-order chi connectivity index (χ1) is 7.24. The Labute approximate surface area is 95.1 Å². The molecular formula is C9H7BrN4O. The zero-order chi connectivity index (χ0) is 11.3. The van der Waals surface area contributed by atoms with Gasteiger partial charge in [-0.25, -0.2) is 4.99 Å². The number of hydrogen-bond donors (Lipinski definition) is 1. The van der Waals surface area contributed by atoms with Crippen LogP contribution in [0.1, 0.15) is 18.1 Å². The van der Waals surface area contributed by atoms with Crippen molar-refractivity contribution in [2.75, 3.05) is 6.61 Å². The Kier molecular flexibility index (Phi) is 3.90. The number of aromatic amines is 1. The van der Waals surface area contributed by atoms with E-state index in [1.165, 1.54) is 6.40 Å². The van der Waals surface area contributed by atoms with E-state index in [2.05, 4.69) is 25.9 Å². The molecule has 1 heterocycles. The van der Waals surface area contributed by atoms with Crippen molar-refractivity contribution in [2.24, 2.45) is 4.99 Å². The lowest BCUT2D eigenvalue weighted by atomic mass is 10.2. The Hall–Kier alpha value is -1.79. The Morgan fingerprint density at radius 3 is 2.67 bits per heavy atom. The highest BCUT2D eigenvalue weighted by Crippen LogP contribution is 2.27. The Morgan fingerprint density at radius 1 is 1.47 bits per heavy atom. The molecule has 0 aliphatic rings. The molecule has 0 unspecified atom stereocenters. The summed E-state index contributed by atoms with van der Waals surface area (Å²) in [4.78, 5) is 6.66. The molecule has 0 radical (unpaired) electrons. The molecule has 6 heteroatoms. The molecule has 0 aliphatic carbocycles. The van der Waals surface area contributed by atoms with Crippen molar-refractivity contribution in [3.63, 3.8) is 0 Å². The first kappa shape index (κ1) is 11.3. The topological polar surface area (TPSA) is 85.0 Å². The summed E-state index contributed by atoms with van der Waals surface area (Å²) in [7, 11) is 0. The highest BCUT2D eigenvalue weighted by molar-refractivity contribution is 9.10. The zero-order valence-corrected chi connectivity index (χ0v) is 9.50. The molecular weight excluding hydrogens is 260 g/mol. The van der Waals surface area contributed by atoms with Crippen molar-refractivity contribution < 1.29 is 4.74 Å². The molecule has 1 aromatic rings. The lowest BCUT2D eigenvalue weighted by Crippen LogP contribution is -1.84. The zero-order valence-electron chi connectivity index (χ0n) is 7.91. The van der Waals surface area contributed by atoms with Crippen LogP contribution in [0, 0.1) is 22.7 Å². The van der Waals surface area contributed by atoms with E-state index < -0.39 is 0 Å². The third-order valence-corrected chi connectivity index (χ3v) is 2.18. The van der Waals surface area contributed by atoms with Gasteiger partial charge in [-0.2, -0.15) is 10.5 Å². The van der Waals surface area contributed by atoms with Crippen LogP contribution in [0.4, 0.5) is 5.82 Å². The van der Waals surface area contributed by atoms with Gasteiger partial charge >= 0.3 is 0 Å². The number of nitriles is 2. The summed E-state index contributed by atoms with van der Waals surface area (Å²) in [6, 6.07) is 3.82. The van der Waals surface area contributed by atoms with Gasteiger partial charge in [-0.15, -0.1) is 0 Å². The number of aliphatic imine (C=N–C) groups is 1. The maximum Gasteiger partial charge on any atom is 0.176 e. The van der Waals surface area contributed by atoms with Gasteiger partial charge in [0.1, 0.15) is 27.9 Å². The maximum atomic E-state index is 8.84. The van der Waals surface area contributed by atoms with Crippen molar-refractivity contribution in [3.8, 4) is 12.1 Å². The van der Waals surface area contributed by atoms with Gasteiger partial charge in [-0.1, -0.05) is 0 Å². The van der Waals surface area contributed by atoms with Gasteiger partial charge < -0.3 is 9.72 Å². The fraction of sp³-hybridized carbons (Fsp3) is 0.222. The number of nitrogens with zero attached hydrogens (tertiary/aromatic N) is 3. The monoisotopic (exact) mass is 266 g/mol. The number of nitrogens with one attached hydrogen (secondary N) is 1. The number of rotatable bonds is 3. The van der Waals surface area contributed by atoms with Crippen molar-refractivity contribution in [3.05, 3.63) is 15.7 Å². The second kappa shape index (κ2) is 5.18. The summed E-state index contributed by atoms with van der Waals surface area (Å²) in [5, 5.41) is 17.6. The molecule has 0 spiro atoms. The number of aromatic nitrogens is 1. The molecule has 0 aliphatic heterocycles. The van der Waals surface area contributed by atoms with Gasteiger partial charge in [0.25, 0.3) is 0 Å². The van der Waals surface area contributed by atoms with Crippen LogP contribution in [0.15, 0.2) is 9.60 Å². The molecule has 0 amide bonds. The summed E-state index contributed by atoms with van der Waals surface area (Å²) in [6.45, 7) is 2.32. The van der Waals surface area contributed by atoms with E-state index in [1.54, 1.807) is 0 Å². The van der Waals surface area contributed by atoms with Crippen LogP contribution < -0.4 is 0 Å².